The zero-order valence-corrected chi connectivity index (χ0v) is 13.4. The first-order valence-corrected chi connectivity index (χ1v) is 7.90. The van der Waals surface area contributed by atoms with Crippen molar-refractivity contribution >= 4 is 34.5 Å². The van der Waals surface area contributed by atoms with Crippen molar-refractivity contribution in [1.29, 1.82) is 0 Å². The molecule has 0 saturated carbocycles. The summed E-state index contributed by atoms with van der Waals surface area (Å²) >= 11 is 6.09. The number of hydrogen-bond donors (Lipinski definition) is 2. The summed E-state index contributed by atoms with van der Waals surface area (Å²) in [4.78, 5) is 12.5. The molecule has 0 radical (unpaired) electrons. The summed E-state index contributed by atoms with van der Waals surface area (Å²) in [6.07, 6.45) is -0.0881. The minimum Gasteiger partial charge on any atom is -0.513 e. The predicted octanol–water partition coefficient (Wildman–Crippen LogP) is 4.69. The zero-order valence-electron chi connectivity index (χ0n) is 12.7. The number of aliphatic hydroxyl groups excluding tert-OH is 1. The molecule has 2 aromatic rings. The molecule has 2 aliphatic rings. The van der Waals surface area contributed by atoms with E-state index in [1.54, 1.807) is 18.2 Å². The van der Waals surface area contributed by atoms with E-state index in [-0.39, 0.29) is 24.2 Å². The van der Waals surface area contributed by atoms with Gasteiger partial charge in [-0.05, 0) is 18.2 Å². The number of ether oxygens (including phenoxy) is 1. The first-order valence-electron chi connectivity index (χ1n) is 7.53. The number of amides is 1. The Labute approximate surface area is 144 Å². The number of benzene rings is 2. The van der Waals surface area contributed by atoms with Crippen LogP contribution in [-0.2, 0) is 9.53 Å². The van der Waals surface area contributed by atoms with E-state index in [1.165, 1.54) is 0 Å². The van der Waals surface area contributed by atoms with Crippen molar-refractivity contribution in [3.63, 3.8) is 0 Å². The van der Waals surface area contributed by atoms with E-state index < -0.39 is 0 Å². The van der Waals surface area contributed by atoms with Crippen molar-refractivity contribution in [2.24, 2.45) is 0 Å². The fourth-order valence-corrected chi connectivity index (χ4v) is 3.35. The van der Waals surface area contributed by atoms with Crippen LogP contribution in [-0.4, -0.2) is 11.0 Å². The van der Waals surface area contributed by atoms with Crippen molar-refractivity contribution in [2.45, 2.75) is 12.5 Å². The van der Waals surface area contributed by atoms with E-state index in [0.717, 1.165) is 16.7 Å². The van der Waals surface area contributed by atoms with Crippen LogP contribution >= 0.6 is 11.6 Å². The van der Waals surface area contributed by atoms with E-state index in [9.17, 15) is 9.90 Å². The van der Waals surface area contributed by atoms with Crippen LogP contribution in [0.2, 0.25) is 5.02 Å². The lowest BCUT2D eigenvalue weighted by Crippen LogP contribution is -2.06. The van der Waals surface area contributed by atoms with E-state index in [0.29, 0.717) is 22.0 Å². The molecular weight excluding hydrogens is 326 g/mol. The minimum absolute atomic E-state index is 0.0420. The number of aliphatic hydroxyl groups is 1. The van der Waals surface area contributed by atoms with Gasteiger partial charge in [0.1, 0.15) is 11.9 Å². The summed E-state index contributed by atoms with van der Waals surface area (Å²) in [5.41, 5.74) is 3.68. The third kappa shape index (κ3) is 2.27. The third-order valence-electron chi connectivity index (χ3n) is 4.19. The third-order valence-corrected chi connectivity index (χ3v) is 4.42. The van der Waals surface area contributed by atoms with Gasteiger partial charge in [-0.2, -0.15) is 0 Å². The Morgan fingerprint density at radius 1 is 1.25 bits per heavy atom. The summed E-state index contributed by atoms with van der Waals surface area (Å²) in [6, 6.07) is 12.9. The lowest BCUT2D eigenvalue weighted by Gasteiger charge is -2.11. The second-order valence-electron chi connectivity index (χ2n) is 5.81. The van der Waals surface area contributed by atoms with Gasteiger partial charge in [0, 0.05) is 33.8 Å². The smallest absolute Gasteiger partial charge is 0.260 e. The van der Waals surface area contributed by atoms with E-state index >= 15 is 0 Å². The highest BCUT2D eigenvalue weighted by atomic mass is 35.5. The number of anilines is 1. The highest BCUT2D eigenvalue weighted by molar-refractivity contribution is 6.38. The zero-order chi connectivity index (χ0) is 16.8. The largest absolute Gasteiger partial charge is 0.513 e. The summed E-state index contributed by atoms with van der Waals surface area (Å²) in [7, 11) is 0. The van der Waals surface area contributed by atoms with E-state index in [2.05, 4.69) is 11.9 Å². The van der Waals surface area contributed by atoms with Crippen LogP contribution in [0.3, 0.4) is 0 Å². The van der Waals surface area contributed by atoms with Crippen LogP contribution in [0, 0.1) is 0 Å². The summed E-state index contributed by atoms with van der Waals surface area (Å²) < 4.78 is 6.05. The van der Waals surface area contributed by atoms with Gasteiger partial charge < -0.3 is 15.2 Å². The van der Waals surface area contributed by atoms with Gasteiger partial charge in [-0.15, -0.1) is 0 Å². The van der Waals surface area contributed by atoms with E-state index in [1.807, 2.05) is 24.3 Å². The quantitative estimate of drug-likeness (QED) is 0.616. The second kappa shape index (κ2) is 5.42. The maximum Gasteiger partial charge on any atom is 0.260 e. The molecule has 1 amide bonds. The molecule has 0 fully saturated rings. The standard InChI is InChI=1S/C19H14ClNO3/c1-10(22)8-16-12-4-2-3-5-13(12)18(24-16)17-14-9-11(20)6-7-15(14)21-19(17)23/h2-7,9,16,22H,1,8H2,(H,21,23)/b18-17+. The van der Waals surface area contributed by atoms with Gasteiger partial charge in [-0.3, -0.25) is 4.79 Å². The molecule has 0 aliphatic carbocycles. The average molecular weight is 340 g/mol. The van der Waals surface area contributed by atoms with Gasteiger partial charge >= 0.3 is 0 Å². The summed E-state index contributed by atoms with van der Waals surface area (Å²) in [6.45, 7) is 3.54. The lowest BCUT2D eigenvalue weighted by atomic mass is 9.98. The van der Waals surface area contributed by atoms with Gasteiger partial charge in [-0.25, -0.2) is 0 Å². The number of carbonyl (C=O) groups is 1. The van der Waals surface area contributed by atoms with Gasteiger partial charge in [0.15, 0.2) is 0 Å². The molecule has 2 aromatic carbocycles. The van der Waals surface area contributed by atoms with E-state index in [4.69, 9.17) is 16.3 Å². The summed E-state index contributed by atoms with van der Waals surface area (Å²) in [5.74, 6) is 0.330. The number of halogens is 1. The number of carbonyl (C=O) groups excluding carboxylic acids is 1. The van der Waals surface area contributed by atoms with Crippen molar-refractivity contribution < 1.29 is 14.6 Å². The lowest BCUT2D eigenvalue weighted by molar-refractivity contribution is -0.110. The average Bonchev–Trinajstić information content (AvgIpc) is 3.04. The van der Waals surface area contributed by atoms with Crippen LogP contribution in [0.25, 0.3) is 11.3 Å². The molecule has 1 unspecified atom stereocenters. The normalized spacial score (nSPS) is 21.0. The van der Waals surface area contributed by atoms with Gasteiger partial charge in [0.25, 0.3) is 5.91 Å². The monoisotopic (exact) mass is 339 g/mol. The SMILES string of the molecule is C=C(O)CC1O/C(=C2/C(=O)Nc3ccc(Cl)cc32)c2ccccc21. The molecule has 5 heteroatoms. The maximum atomic E-state index is 12.5. The Morgan fingerprint density at radius 3 is 2.83 bits per heavy atom. The van der Waals surface area contributed by atoms with Crippen molar-refractivity contribution in [3.8, 4) is 0 Å². The molecule has 4 nitrogen and oxygen atoms in total. The molecule has 0 spiro atoms. The molecule has 0 saturated heterocycles. The fraction of sp³-hybridized carbons (Fsp3) is 0.105. The molecular formula is C19H14ClNO3. The van der Waals surface area contributed by atoms with Crippen molar-refractivity contribution in [3.05, 3.63) is 76.5 Å². The Kier molecular flexibility index (Phi) is 3.36. The molecule has 0 aromatic heterocycles. The van der Waals surface area contributed by atoms with Gasteiger partial charge in [0.05, 0.1) is 11.3 Å². The molecule has 2 heterocycles. The molecule has 2 aliphatic heterocycles. The van der Waals surface area contributed by atoms with Gasteiger partial charge in [-0.1, -0.05) is 42.4 Å². The van der Waals surface area contributed by atoms with Crippen LogP contribution in [0.15, 0.2) is 54.8 Å². The predicted molar refractivity (Wildman–Crippen MR) is 93.5 cm³/mol. The second-order valence-corrected chi connectivity index (χ2v) is 6.25. The number of rotatable bonds is 2. The molecule has 120 valence electrons. The molecule has 2 N–H and O–H groups in total. The van der Waals surface area contributed by atoms with Crippen LogP contribution in [0.5, 0.6) is 0 Å². The van der Waals surface area contributed by atoms with Crippen LogP contribution < -0.4 is 5.32 Å². The first kappa shape index (κ1) is 14.8. The molecule has 24 heavy (non-hydrogen) atoms. The van der Waals surface area contributed by atoms with Gasteiger partial charge in [0.2, 0.25) is 0 Å². The Bertz CT molecular complexity index is 917. The fourth-order valence-electron chi connectivity index (χ4n) is 3.18. The highest BCUT2D eigenvalue weighted by Crippen LogP contribution is 2.47. The molecule has 1 atom stereocenters. The highest BCUT2D eigenvalue weighted by Gasteiger charge is 2.36. The Hall–Kier alpha value is -2.72. The molecule has 0 bridgehead atoms. The Balaban J connectivity index is 1.91. The molecule has 4 rings (SSSR count). The van der Waals surface area contributed by atoms with Crippen molar-refractivity contribution in [2.75, 3.05) is 5.32 Å². The minimum atomic E-state index is -0.364. The maximum absolute atomic E-state index is 12.5. The topological polar surface area (TPSA) is 58.6 Å². The number of fused-ring (bicyclic) bond motifs is 2. The number of nitrogens with one attached hydrogen (secondary N) is 1. The summed E-state index contributed by atoms with van der Waals surface area (Å²) in [5, 5.41) is 12.9. The number of hydrogen-bond acceptors (Lipinski definition) is 3. The Morgan fingerprint density at radius 2 is 2.04 bits per heavy atom. The van der Waals surface area contributed by atoms with Crippen molar-refractivity contribution in [1.82, 2.24) is 0 Å². The first-order chi connectivity index (χ1) is 11.5. The van der Waals surface area contributed by atoms with Crippen LogP contribution in [0.1, 0.15) is 29.2 Å². The van der Waals surface area contributed by atoms with Crippen LogP contribution in [0.4, 0.5) is 5.69 Å².